The Kier molecular flexibility index (Phi) is 6.32. The Labute approximate surface area is 203 Å². The predicted molar refractivity (Wildman–Crippen MR) is 116 cm³/mol. The molecule has 0 amide bonds. The molecule has 0 aromatic heterocycles. The van der Waals surface area contributed by atoms with E-state index in [4.69, 9.17) is 19.6 Å². The highest BCUT2D eigenvalue weighted by Crippen LogP contribution is 2.70. The van der Waals surface area contributed by atoms with Crippen molar-refractivity contribution in [2.45, 2.75) is 82.0 Å². The molecule has 4 fully saturated rings. The molecule has 8 atom stereocenters. The fourth-order valence-electron chi connectivity index (χ4n) is 8.86. The molecule has 12 heteroatoms. The zero-order valence-electron chi connectivity index (χ0n) is 19.8. The standard InChI is InChI=1S/C23H34N2O10/c1-20-6-3-17-18(23(20,28)9-5-16(20)14-10-19(26)33-12-14)4-8-22(27)11-15(35-25(31)32)2-7-21(17,22)13-34-24(29)30/h10,15-18,27-29,31H,2-9,11-13H2,1H3/q-2. The average molecular weight is 499 g/mol. The molecule has 5 aliphatic rings. The van der Waals surface area contributed by atoms with Crippen LogP contribution in [0.3, 0.4) is 0 Å². The van der Waals surface area contributed by atoms with Crippen LogP contribution in [0.2, 0.25) is 0 Å². The van der Waals surface area contributed by atoms with Gasteiger partial charge in [-0.1, -0.05) is 6.92 Å². The van der Waals surface area contributed by atoms with Crippen LogP contribution in [0.1, 0.15) is 64.7 Å². The summed E-state index contributed by atoms with van der Waals surface area (Å²) < 4.78 is 5.16. The van der Waals surface area contributed by atoms with Crippen LogP contribution in [0, 0.1) is 39.0 Å². The molecule has 4 saturated carbocycles. The van der Waals surface area contributed by atoms with E-state index in [0.717, 1.165) is 12.0 Å². The Morgan fingerprint density at radius 2 is 1.80 bits per heavy atom. The minimum absolute atomic E-state index is 0.0132. The maximum atomic E-state index is 12.3. The Morgan fingerprint density at radius 3 is 2.46 bits per heavy atom. The number of esters is 1. The molecule has 0 aromatic carbocycles. The first-order chi connectivity index (χ1) is 16.4. The fraction of sp³-hybridized carbons (Fsp3) is 0.870. The van der Waals surface area contributed by atoms with Crippen molar-refractivity contribution in [3.63, 3.8) is 0 Å². The number of carbonyl (C=O) groups excluding carboxylic acids is 1. The van der Waals surface area contributed by atoms with Crippen LogP contribution in [-0.4, -0.2) is 67.9 Å². The number of hydrogen-bond donors (Lipinski definition) is 4. The van der Waals surface area contributed by atoms with Crippen LogP contribution < -0.4 is 0 Å². The van der Waals surface area contributed by atoms with Gasteiger partial charge in [-0.3, -0.25) is 9.68 Å². The number of ether oxygens (including phenoxy) is 1. The number of hydrogen-bond acceptors (Lipinski definition) is 12. The van der Waals surface area contributed by atoms with Gasteiger partial charge >= 0.3 is 5.97 Å². The number of fused-ring (bicyclic) bond motifs is 5. The van der Waals surface area contributed by atoms with Gasteiger partial charge in [0.05, 0.1) is 23.9 Å². The van der Waals surface area contributed by atoms with Gasteiger partial charge in [-0.05, 0) is 74.7 Å². The zero-order valence-corrected chi connectivity index (χ0v) is 19.8. The minimum atomic E-state index is -1.39. The maximum absolute atomic E-state index is 12.3. The molecule has 0 aromatic rings. The SMILES string of the molecule is CC12CCC3C(CCC4(O)CC(ON([O-])O)CCC34CON([O-])O)C1(O)CCC2C1=CC(=O)OC1. The van der Waals surface area contributed by atoms with E-state index in [1.807, 2.05) is 0 Å². The second-order valence-corrected chi connectivity index (χ2v) is 11.5. The summed E-state index contributed by atoms with van der Waals surface area (Å²) >= 11 is 0. The molecule has 0 saturated heterocycles. The Balaban J connectivity index is 1.47. The van der Waals surface area contributed by atoms with E-state index in [2.05, 4.69) is 6.92 Å². The van der Waals surface area contributed by atoms with Gasteiger partial charge in [0.25, 0.3) is 0 Å². The van der Waals surface area contributed by atoms with Gasteiger partial charge in [0, 0.05) is 23.3 Å². The monoisotopic (exact) mass is 498 g/mol. The van der Waals surface area contributed by atoms with Crippen LogP contribution in [0.15, 0.2) is 11.6 Å². The molecule has 1 aliphatic heterocycles. The van der Waals surface area contributed by atoms with E-state index in [-0.39, 0.29) is 49.8 Å². The summed E-state index contributed by atoms with van der Waals surface area (Å²) in [5.41, 5.74) is -2.97. The highest BCUT2D eigenvalue weighted by atomic mass is 17.1. The van der Waals surface area contributed by atoms with Crippen LogP contribution in [0.25, 0.3) is 0 Å². The third kappa shape index (κ3) is 3.78. The molecule has 12 nitrogen and oxygen atoms in total. The van der Waals surface area contributed by atoms with E-state index in [9.17, 15) is 30.6 Å². The molecule has 4 N–H and O–H groups in total. The van der Waals surface area contributed by atoms with Gasteiger partial charge in [-0.2, -0.15) is 0 Å². The van der Waals surface area contributed by atoms with Crippen LogP contribution in [0.4, 0.5) is 0 Å². The molecule has 0 radical (unpaired) electrons. The predicted octanol–water partition coefficient (Wildman–Crippen LogP) is 1.95. The van der Waals surface area contributed by atoms with E-state index in [1.54, 1.807) is 6.08 Å². The molecule has 1 heterocycles. The summed E-state index contributed by atoms with van der Waals surface area (Å²) in [6.45, 7) is 2.08. The summed E-state index contributed by atoms with van der Waals surface area (Å²) in [7, 11) is 0. The number of nitrogens with zero attached hydrogens (tertiary/aromatic N) is 2. The third-order valence-corrected chi connectivity index (χ3v) is 10.4. The lowest BCUT2D eigenvalue weighted by atomic mass is 9.41. The molecule has 0 bridgehead atoms. The number of rotatable bonds is 6. The largest absolute Gasteiger partial charge is 0.738 e. The average Bonchev–Trinajstić information content (AvgIpc) is 3.31. The molecular weight excluding hydrogens is 464 g/mol. The lowest BCUT2D eigenvalue weighted by Crippen LogP contribution is -2.69. The summed E-state index contributed by atoms with van der Waals surface area (Å²) in [5, 5.41) is 63.6. The van der Waals surface area contributed by atoms with Crippen LogP contribution in [0.5, 0.6) is 0 Å². The second kappa shape index (κ2) is 8.69. The minimum Gasteiger partial charge on any atom is -0.738 e. The molecule has 0 spiro atoms. The van der Waals surface area contributed by atoms with Crippen LogP contribution >= 0.6 is 0 Å². The lowest BCUT2D eigenvalue weighted by molar-refractivity contribution is -0.369. The number of carbonyl (C=O) groups is 1. The normalized spacial score (nSPS) is 47.3. The van der Waals surface area contributed by atoms with Crippen molar-refractivity contribution in [3.05, 3.63) is 22.1 Å². The smallest absolute Gasteiger partial charge is 0.331 e. The molecular formula is C23H34N2O10-2. The first kappa shape index (κ1) is 25.5. The molecule has 4 aliphatic carbocycles. The second-order valence-electron chi connectivity index (χ2n) is 11.5. The molecule has 35 heavy (non-hydrogen) atoms. The van der Waals surface area contributed by atoms with Crippen molar-refractivity contribution >= 4 is 5.97 Å². The van der Waals surface area contributed by atoms with Crippen molar-refractivity contribution in [2.75, 3.05) is 13.2 Å². The first-order valence-electron chi connectivity index (χ1n) is 12.4. The van der Waals surface area contributed by atoms with Gasteiger partial charge in [0.2, 0.25) is 0 Å². The van der Waals surface area contributed by atoms with Gasteiger partial charge in [0.15, 0.2) is 0 Å². The molecule has 8 unspecified atom stereocenters. The van der Waals surface area contributed by atoms with Gasteiger partial charge in [-0.15, -0.1) is 10.8 Å². The fourth-order valence-corrected chi connectivity index (χ4v) is 8.86. The first-order valence-corrected chi connectivity index (χ1v) is 12.4. The number of cyclic esters (lactones) is 1. The Morgan fingerprint density at radius 1 is 1.06 bits per heavy atom. The van der Waals surface area contributed by atoms with E-state index < -0.39 is 38.9 Å². The summed E-state index contributed by atoms with van der Waals surface area (Å²) in [6.07, 6.45) is 4.88. The van der Waals surface area contributed by atoms with Crippen molar-refractivity contribution in [1.82, 2.24) is 10.8 Å². The van der Waals surface area contributed by atoms with Crippen molar-refractivity contribution < 1.29 is 39.8 Å². The highest BCUT2D eigenvalue weighted by Gasteiger charge is 2.71. The number of aliphatic hydroxyl groups is 2. The third-order valence-electron chi connectivity index (χ3n) is 10.4. The van der Waals surface area contributed by atoms with E-state index in [1.165, 1.54) is 0 Å². The van der Waals surface area contributed by atoms with Crippen molar-refractivity contribution in [1.29, 1.82) is 0 Å². The topological polar surface area (TPSA) is 178 Å². The Hall–Kier alpha value is -1.19. The van der Waals surface area contributed by atoms with Gasteiger partial charge < -0.3 is 35.8 Å². The summed E-state index contributed by atoms with van der Waals surface area (Å²) in [5.74, 6) is -0.749. The Bertz CT molecular complexity index is 884. The maximum Gasteiger partial charge on any atom is 0.331 e. The summed E-state index contributed by atoms with van der Waals surface area (Å²) in [6, 6.07) is 0. The quantitative estimate of drug-likeness (QED) is 0.309. The highest BCUT2D eigenvalue weighted by molar-refractivity contribution is 5.85. The molecule has 5 rings (SSSR count). The molecule has 198 valence electrons. The van der Waals surface area contributed by atoms with Crippen molar-refractivity contribution in [2.24, 2.45) is 28.6 Å². The van der Waals surface area contributed by atoms with E-state index >= 15 is 0 Å². The van der Waals surface area contributed by atoms with Gasteiger partial charge in [0.1, 0.15) is 6.61 Å². The summed E-state index contributed by atoms with van der Waals surface area (Å²) in [4.78, 5) is 21.7. The zero-order chi connectivity index (χ0) is 25.2. The van der Waals surface area contributed by atoms with Crippen LogP contribution in [-0.2, 0) is 19.2 Å². The van der Waals surface area contributed by atoms with E-state index in [0.29, 0.717) is 38.5 Å². The van der Waals surface area contributed by atoms with Crippen molar-refractivity contribution in [3.8, 4) is 0 Å². The lowest BCUT2D eigenvalue weighted by Gasteiger charge is -2.66. The van der Waals surface area contributed by atoms with Gasteiger partial charge in [-0.25, -0.2) is 4.79 Å².